The molecule has 1 heterocycles. The van der Waals surface area contributed by atoms with E-state index in [1.807, 2.05) is 20.8 Å². The number of hydrogen-bond donors (Lipinski definition) is 1. The molecule has 0 bridgehead atoms. The van der Waals surface area contributed by atoms with E-state index < -0.39 is 5.97 Å². The Balaban J connectivity index is 3.28. The van der Waals surface area contributed by atoms with E-state index >= 15 is 0 Å². The van der Waals surface area contributed by atoms with Gasteiger partial charge in [-0.25, -0.2) is 9.78 Å². The second-order valence-electron chi connectivity index (χ2n) is 4.12. The van der Waals surface area contributed by atoms with Crippen LogP contribution >= 0.6 is 11.6 Å². The van der Waals surface area contributed by atoms with Gasteiger partial charge in [0.15, 0.2) is 0 Å². The molecular formula is C10H12ClNO2. The number of halogens is 1. The molecule has 1 N–H and O–H groups in total. The predicted molar refractivity (Wildman–Crippen MR) is 54.9 cm³/mol. The van der Waals surface area contributed by atoms with E-state index in [0.29, 0.717) is 0 Å². The van der Waals surface area contributed by atoms with Crippen LogP contribution in [-0.2, 0) is 5.41 Å². The Hall–Kier alpha value is -1.09. The number of pyridine rings is 1. The first-order valence-corrected chi connectivity index (χ1v) is 4.60. The van der Waals surface area contributed by atoms with Crippen molar-refractivity contribution in [1.82, 2.24) is 4.98 Å². The number of nitrogens with zero attached hydrogens (tertiary/aromatic N) is 1. The third kappa shape index (κ3) is 2.45. The Morgan fingerprint density at radius 2 is 2.00 bits per heavy atom. The molecule has 76 valence electrons. The van der Waals surface area contributed by atoms with Crippen LogP contribution in [0.1, 0.15) is 36.8 Å². The zero-order chi connectivity index (χ0) is 10.9. The lowest BCUT2D eigenvalue weighted by atomic mass is 9.87. The Morgan fingerprint density at radius 3 is 2.43 bits per heavy atom. The van der Waals surface area contributed by atoms with Gasteiger partial charge < -0.3 is 5.11 Å². The number of aromatic nitrogens is 1. The van der Waals surface area contributed by atoms with Gasteiger partial charge in [0.1, 0.15) is 10.8 Å². The molecule has 0 aliphatic heterocycles. The maximum Gasteiger partial charge on any atom is 0.354 e. The lowest BCUT2D eigenvalue weighted by molar-refractivity contribution is 0.0690. The van der Waals surface area contributed by atoms with Crippen molar-refractivity contribution in [1.29, 1.82) is 0 Å². The van der Waals surface area contributed by atoms with E-state index in [-0.39, 0.29) is 16.3 Å². The second-order valence-corrected chi connectivity index (χ2v) is 4.51. The van der Waals surface area contributed by atoms with Gasteiger partial charge in [0.25, 0.3) is 0 Å². The van der Waals surface area contributed by atoms with Crippen molar-refractivity contribution in [3.63, 3.8) is 0 Å². The van der Waals surface area contributed by atoms with Crippen molar-refractivity contribution in [3.8, 4) is 0 Å². The zero-order valence-corrected chi connectivity index (χ0v) is 9.09. The van der Waals surface area contributed by atoms with Gasteiger partial charge in [-0.3, -0.25) is 0 Å². The highest BCUT2D eigenvalue weighted by atomic mass is 35.5. The van der Waals surface area contributed by atoms with Gasteiger partial charge in [0.2, 0.25) is 0 Å². The minimum absolute atomic E-state index is 0.0116. The number of carboxylic acids is 1. The molecule has 0 saturated heterocycles. The molecule has 1 rings (SSSR count). The Labute approximate surface area is 87.7 Å². The summed E-state index contributed by atoms with van der Waals surface area (Å²) in [5.41, 5.74) is 0.730. The molecule has 3 nitrogen and oxygen atoms in total. The van der Waals surface area contributed by atoms with Gasteiger partial charge in [-0.15, -0.1) is 0 Å². The van der Waals surface area contributed by atoms with Crippen LogP contribution in [0.5, 0.6) is 0 Å². The Morgan fingerprint density at radius 1 is 1.43 bits per heavy atom. The van der Waals surface area contributed by atoms with Crippen molar-refractivity contribution in [2.24, 2.45) is 0 Å². The smallest absolute Gasteiger partial charge is 0.354 e. The lowest BCUT2D eigenvalue weighted by Crippen LogP contribution is -2.13. The van der Waals surface area contributed by atoms with E-state index in [0.717, 1.165) is 5.56 Å². The first-order valence-electron chi connectivity index (χ1n) is 4.22. The Kier molecular flexibility index (Phi) is 2.81. The molecule has 0 radical (unpaired) electrons. The molecule has 14 heavy (non-hydrogen) atoms. The van der Waals surface area contributed by atoms with Gasteiger partial charge >= 0.3 is 5.97 Å². The maximum absolute atomic E-state index is 10.7. The summed E-state index contributed by atoms with van der Waals surface area (Å²) in [4.78, 5) is 14.4. The summed E-state index contributed by atoms with van der Waals surface area (Å²) in [6.07, 6.45) is 0. The highest BCUT2D eigenvalue weighted by Crippen LogP contribution is 2.24. The predicted octanol–water partition coefficient (Wildman–Crippen LogP) is 2.73. The van der Waals surface area contributed by atoms with E-state index in [9.17, 15) is 4.79 Å². The van der Waals surface area contributed by atoms with Crippen LogP contribution in [0.2, 0.25) is 5.15 Å². The molecule has 0 aliphatic rings. The topological polar surface area (TPSA) is 50.2 Å². The molecule has 0 saturated carbocycles. The largest absolute Gasteiger partial charge is 0.477 e. The zero-order valence-electron chi connectivity index (χ0n) is 8.34. The summed E-state index contributed by atoms with van der Waals surface area (Å²) >= 11 is 5.73. The Bertz CT molecular complexity index is 369. The SMILES string of the molecule is CC(C)(C)c1cc(Cl)nc(C(=O)O)c1. The summed E-state index contributed by atoms with van der Waals surface area (Å²) in [5, 5.41) is 9.00. The average Bonchev–Trinajstić information content (AvgIpc) is 2.01. The van der Waals surface area contributed by atoms with Crippen LogP contribution in [-0.4, -0.2) is 16.1 Å². The van der Waals surface area contributed by atoms with Crippen LogP contribution in [0.25, 0.3) is 0 Å². The van der Waals surface area contributed by atoms with Gasteiger partial charge in [-0.1, -0.05) is 32.4 Å². The lowest BCUT2D eigenvalue weighted by Gasteiger charge is -2.19. The number of carboxylic acid groups (broad SMARTS) is 1. The van der Waals surface area contributed by atoms with Gasteiger partial charge in [-0.2, -0.15) is 0 Å². The average molecular weight is 214 g/mol. The fraction of sp³-hybridized carbons (Fsp3) is 0.400. The van der Waals surface area contributed by atoms with E-state index in [4.69, 9.17) is 16.7 Å². The number of rotatable bonds is 1. The molecule has 0 aliphatic carbocycles. The molecule has 1 aromatic rings. The molecule has 4 heteroatoms. The standard InChI is InChI=1S/C10H12ClNO2/c1-10(2,3)6-4-7(9(13)14)12-8(11)5-6/h4-5H,1-3H3,(H,13,14). The van der Waals surface area contributed by atoms with Crippen molar-refractivity contribution in [2.75, 3.05) is 0 Å². The van der Waals surface area contributed by atoms with Crippen molar-refractivity contribution >= 4 is 17.6 Å². The highest BCUT2D eigenvalue weighted by molar-refractivity contribution is 6.29. The molecule has 0 spiro atoms. The number of aromatic carboxylic acids is 1. The van der Waals surface area contributed by atoms with E-state index in [1.54, 1.807) is 12.1 Å². The van der Waals surface area contributed by atoms with Crippen LogP contribution < -0.4 is 0 Å². The molecule has 0 aromatic carbocycles. The summed E-state index contributed by atoms with van der Waals surface area (Å²) in [5.74, 6) is -1.06. The quantitative estimate of drug-likeness (QED) is 0.730. The van der Waals surface area contributed by atoms with E-state index in [1.165, 1.54) is 0 Å². The van der Waals surface area contributed by atoms with Crippen LogP contribution in [0.4, 0.5) is 0 Å². The fourth-order valence-corrected chi connectivity index (χ4v) is 1.25. The molecule has 1 aromatic heterocycles. The molecule has 0 amide bonds. The van der Waals surface area contributed by atoms with Crippen LogP contribution in [0.3, 0.4) is 0 Å². The van der Waals surface area contributed by atoms with E-state index in [2.05, 4.69) is 4.98 Å². The minimum Gasteiger partial charge on any atom is -0.477 e. The summed E-state index contributed by atoms with van der Waals surface area (Å²) in [6, 6.07) is 3.24. The van der Waals surface area contributed by atoms with Crippen LogP contribution in [0, 0.1) is 0 Å². The third-order valence-electron chi connectivity index (χ3n) is 1.88. The van der Waals surface area contributed by atoms with Gasteiger partial charge in [0, 0.05) is 0 Å². The second kappa shape index (κ2) is 3.58. The maximum atomic E-state index is 10.7. The number of hydrogen-bond acceptors (Lipinski definition) is 2. The fourth-order valence-electron chi connectivity index (χ4n) is 1.04. The first kappa shape index (κ1) is 11.0. The third-order valence-corrected chi connectivity index (χ3v) is 2.07. The normalized spacial score (nSPS) is 11.4. The molecular weight excluding hydrogens is 202 g/mol. The van der Waals surface area contributed by atoms with Crippen LogP contribution in [0.15, 0.2) is 12.1 Å². The minimum atomic E-state index is -1.06. The molecule has 0 atom stereocenters. The summed E-state index contributed by atoms with van der Waals surface area (Å²) < 4.78 is 0. The first-order chi connectivity index (χ1) is 6.30. The van der Waals surface area contributed by atoms with Gasteiger partial charge in [0.05, 0.1) is 0 Å². The van der Waals surface area contributed by atoms with Crippen molar-refractivity contribution < 1.29 is 9.90 Å². The summed E-state index contributed by atoms with van der Waals surface area (Å²) in [7, 11) is 0. The van der Waals surface area contributed by atoms with Crippen molar-refractivity contribution in [2.45, 2.75) is 26.2 Å². The number of carbonyl (C=O) groups is 1. The molecule has 0 fully saturated rings. The van der Waals surface area contributed by atoms with Crippen molar-refractivity contribution in [3.05, 3.63) is 28.5 Å². The molecule has 0 unspecified atom stereocenters. The summed E-state index contributed by atoms with van der Waals surface area (Å²) in [6.45, 7) is 5.97. The van der Waals surface area contributed by atoms with Gasteiger partial charge in [-0.05, 0) is 23.1 Å². The monoisotopic (exact) mass is 213 g/mol. The highest BCUT2D eigenvalue weighted by Gasteiger charge is 2.17.